The number of piperidine rings is 3. The molecule has 5 rings (SSSR count). The largest absolute Gasteiger partial charge is 0.411 e. The number of oxazole rings is 1. The van der Waals surface area contributed by atoms with Gasteiger partial charge in [0.1, 0.15) is 11.8 Å². The molecule has 1 aromatic heterocycles. The van der Waals surface area contributed by atoms with Crippen LogP contribution in [-0.4, -0.2) is 41.5 Å². The average molecular weight is 338 g/mol. The van der Waals surface area contributed by atoms with Gasteiger partial charge in [0.25, 0.3) is 5.91 Å². The zero-order valence-corrected chi connectivity index (χ0v) is 13.6. The Morgan fingerprint density at radius 1 is 1.32 bits per heavy atom. The van der Waals surface area contributed by atoms with Gasteiger partial charge in [0.05, 0.1) is 6.20 Å². The van der Waals surface area contributed by atoms with Crippen molar-refractivity contribution < 1.29 is 13.9 Å². The highest BCUT2D eigenvalue weighted by atomic mass is 16.6. The standard InChI is InChI=1S/C18H18N4O3/c19-9-15-10-20-18(25-15)24-14-3-1-13(2-4-14)17(23)21-16-11-22-7-5-12(16)6-8-22/h1-4,10,12,16H,5-8,11H2,(H,21,23). The topological polar surface area (TPSA) is 91.4 Å². The molecule has 3 saturated heterocycles. The number of aromatic nitrogens is 1. The first kappa shape index (κ1) is 15.7. The van der Waals surface area contributed by atoms with E-state index in [4.69, 9.17) is 14.4 Å². The highest BCUT2D eigenvalue weighted by molar-refractivity contribution is 5.94. The molecule has 25 heavy (non-hydrogen) atoms. The Bertz CT molecular complexity index is 800. The number of carbonyl (C=O) groups excluding carboxylic acids is 1. The van der Waals surface area contributed by atoms with E-state index in [0.29, 0.717) is 17.2 Å². The second kappa shape index (κ2) is 6.57. The highest BCUT2D eigenvalue weighted by Gasteiger charge is 2.34. The van der Waals surface area contributed by atoms with E-state index >= 15 is 0 Å². The molecule has 1 aromatic carbocycles. The van der Waals surface area contributed by atoms with Crippen LogP contribution in [-0.2, 0) is 0 Å². The van der Waals surface area contributed by atoms with Gasteiger partial charge in [-0.1, -0.05) is 0 Å². The molecule has 2 aromatic rings. The Labute approximate surface area is 145 Å². The lowest BCUT2D eigenvalue weighted by atomic mass is 9.84. The van der Waals surface area contributed by atoms with Crippen LogP contribution in [0.25, 0.3) is 0 Å². The van der Waals surface area contributed by atoms with E-state index in [2.05, 4.69) is 15.2 Å². The first-order valence-electron chi connectivity index (χ1n) is 8.38. The highest BCUT2D eigenvalue weighted by Crippen LogP contribution is 2.28. The maximum atomic E-state index is 12.5. The SMILES string of the molecule is N#Cc1cnc(Oc2ccc(C(=O)NC3CN4CCC3CC4)cc2)o1. The van der Waals surface area contributed by atoms with Crippen molar-refractivity contribution in [2.24, 2.45) is 5.92 Å². The quantitative estimate of drug-likeness (QED) is 0.918. The van der Waals surface area contributed by atoms with E-state index < -0.39 is 0 Å². The van der Waals surface area contributed by atoms with E-state index in [9.17, 15) is 4.79 Å². The second-order valence-corrected chi connectivity index (χ2v) is 6.45. The van der Waals surface area contributed by atoms with Gasteiger partial charge in [-0.15, -0.1) is 0 Å². The van der Waals surface area contributed by atoms with Gasteiger partial charge < -0.3 is 19.4 Å². The van der Waals surface area contributed by atoms with Crippen molar-refractivity contribution in [1.29, 1.82) is 5.26 Å². The Hall–Kier alpha value is -2.85. The average Bonchev–Trinajstić information content (AvgIpc) is 3.11. The van der Waals surface area contributed by atoms with Crippen LogP contribution in [0.1, 0.15) is 29.0 Å². The minimum atomic E-state index is -0.0619. The van der Waals surface area contributed by atoms with Crippen LogP contribution in [0, 0.1) is 17.2 Å². The van der Waals surface area contributed by atoms with E-state index in [-0.39, 0.29) is 23.8 Å². The van der Waals surface area contributed by atoms with E-state index in [1.165, 1.54) is 19.0 Å². The molecule has 7 nitrogen and oxygen atoms in total. The van der Waals surface area contributed by atoms with Crippen molar-refractivity contribution >= 4 is 5.91 Å². The third-order valence-corrected chi connectivity index (χ3v) is 4.89. The third kappa shape index (κ3) is 3.35. The molecule has 1 atom stereocenters. The smallest absolute Gasteiger partial charge is 0.400 e. The number of nitrogens with one attached hydrogen (secondary N) is 1. The van der Waals surface area contributed by atoms with Crippen molar-refractivity contribution in [3.63, 3.8) is 0 Å². The zero-order chi connectivity index (χ0) is 17.2. The lowest BCUT2D eigenvalue weighted by Crippen LogP contribution is -2.57. The molecular formula is C18H18N4O3. The molecule has 0 spiro atoms. The summed E-state index contributed by atoms with van der Waals surface area (Å²) in [6, 6.07) is 8.86. The molecule has 0 aliphatic carbocycles. The lowest BCUT2D eigenvalue weighted by Gasteiger charge is -2.44. The molecule has 3 fully saturated rings. The molecule has 0 saturated carbocycles. The fraction of sp³-hybridized carbons (Fsp3) is 0.389. The number of ether oxygens (including phenoxy) is 1. The summed E-state index contributed by atoms with van der Waals surface area (Å²) in [5.41, 5.74) is 0.592. The van der Waals surface area contributed by atoms with Crippen molar-refractivity contribution in [2.75, 3.05) is 19.6 Å². The number of nitrogens with zero attached hydrogens (tertiary/aromatic N) is 3. The number of hydrogen-bond acceptors (Lipinski definition) is 6. The van der Waals surface area contributed by atoms with Gasteiger partial charge in [-0.05, 0) is 56.1 Å². The Morgan fingerprint density at radius 3 is 2.68 bits per heavy atom. The number of benzene rings is 1. The summed E-state index contributed by atoms with van der Waals surface area (Å²) in [5.74, 6) is 1.11. The summed E-state index contributed by atoms with van der Waals surface area (Å²) in [7, 11) is 0. The molecule has 128 valence electrons. The number of rotatable bonds is 4. The molecule has 0 radical (unpaired) electrons. The van der Waals surface area contributed by atoms with Crippen molar-refractivity contribution in [2.45, 2.75) is 18.9 Å². The van der Waals surface area contributed by atoms with Crippen LogP contribution >= 0.6 is 0 Å². The summed E-state index contributed by atoms with van der Waals surface area (Å²) in [6.45, 7) is 3.25. The second-order valence-electron chi connectivity index (χ2n) is 6.45. The van der Waals surface area contributed by atoms with Gasteiger partial charge in [0, 0.05) is 18.2 Å². The number of fused-ring (bicyclic) bond motifs is 3. The van der Waals surface area contributed by atoms with Crippen LogP contribution < -0.4 is 10.1 Å². The van der Waals surface area contributed by atoms with E-state index in [0.717, 1.165) is 19.6 Å². The molecule has 1 amide bonds. The van der Waals surface area contributed by atoms with Gasteiger partial charge in [0.15, 0.2) is 0 Å². The Balaban J connectivity index is 1.38. The first-order chi connectivity index (χ1) is 12.2. The zero-order valence-electron chi connectivity index (χ0n) is 13.6. The maximum absolute atomic E-state index is 12.5. The van der Waals surface area contributed by atoms with Gasteiger partial charge in [-0.2, -0.15) is 10.2 Å². The summed E-state index contributed by atoms with van der Waals surface area (Å²) < 4.78 is 10.5. The molecule has 1 N–H and O–H groups in total. The number of amides is 1. The number of carbonyl (C=O) groups is 1. The fourth-order valence-electron chi connectivity index (χ4n) is 3.51. The van der Waals surface area contributed by atoms with Crippen LogP contribution in [0.2, 0.25) is 0 Å². The van der Waals surface area contributed by atoms with Crippen LogP contribution in [0.5, 0.6) is 11.8 Å². The van der Waals surface area contributed by atoms with Crippen molar-refractivity contribution in [3.05, 3.63) is 41.8 Å². The third-order valence-electron chi connectivity index (χ3n) is 4.89. The van der Waals surface area contributed by atoms with Gasteiger partial charge in [-0.3, -0.25) is 4.79 Å². The number of nitriles is 1. The summed E-state index contributed by atoms with van der Waals surface area (Å²) in [6.07, 6.45) is 3.63. The van der Waals surface area contributed by atoms with Crippen LogP contribution in [0.3, 0.4) is 0 Å². The normalized spacial score (nSPS) is 24.5. The molecule has 2 bridgehead atoms. The summed E-state index contributed by atoms with van der Waals surface area (Å²) in [5, 5.41) is 11.9. The predicted octanol–water partition coefficient (Wildman–Crippen LogP) is 2.16. The van der Waals surface area contributed by atoms with Gasteiger partial charge in [-0.25, -0.2) is 0 Å². The van der Waals surface area contributed by atoms with Gasteiger partial charge in [0.2, 0.25) is 5.76 Å². The van der Waals surface area contributed by atoms with E-state index in [1.54, 1.807) is 24.3 Å². The summed E-state index contributed by atoms with van der Waals surface area (Å²) >= 11 is 0. The Morgan fingerprint density at radius 2 is 2.08 bits per heavy atom. The first-order valence-corrected chi connectivity index (χ1v) is 8.38. The predicted molar refractivity (Wildman–Crippen MR) is 88.2 cm³/mol. The van der Waals surface area contributed by atoms with Gasteiger partial charge >= 0.3 is 6.08 Å². The molecule has 3 aliphatic rings. The van der Waals surface area contributed by atoms with Crippen LogP contribution in [0.15, 0.2) is 34.9 Å². The van der Waals surface area contributed by atoms with Crippen molar-refractivity contribution in [1.82, 2.24) is 15.2 Å². The molecule has 7 heteroatoms. The summed E-state index contributed by atoms with van der Waals surface area (Å²) in [4.78, 5) is 18.7. The minimum Gasteiger partial charge on any atom is -0.411 e. The molecule has 4 heterocycles. The van der Waals surface area contributed by atoms with Crippen LogP contribution in [0.4, 0.5) is 0 Å². The molecule has 1 unspecified atom stereocenters. The monoisotopic (exact) mass is 338 g/mol. The van der Waals surface area contributed by atoms with Crippen molar-refractivity contribution in [3.8, 4) is 17.9 Å². The molecular weight excluding hydrogens is 320 g/mol. The number of hydrogen-bond donors (Lipinski definition) is 1. The minimum absolute atomic E-state index is 0.000956. The maximum Gasteiger partial charge on any atom is 0.400 e. The van der Waals surface area contributed by atoms with E-state index in [1.807, 2.05) is 6.07 Å². The Kier molecular flexibility index (Phi) is 4.12. The fourth-order valence-corrected chi connectivity index (χ4v) is 3.51. The lowest BCUT2D eigenvalue weighted by molar-refractivity contribution is 0.0620. The molecule has 3 aliphatic heterocycles.